The Bertz CT molecular complexity index is 1560. The topological polar surface area (TPSA) is 88.4 Å². The average molecular weight is 667 g/mol. The van der Waals surface area contributed by atoms with E-state index in [1.54, 1.807) is 12.1 Å². The van der Waals surface area contributed by atoms with Crippen LogP contribution < -0.4 is 10.1 Å². The third kappa shape index (κ3) is 4.36. The molecule has 0 spiro atoms. The van der Waals surface area contributed by atoms with Crippen LogP contribution >= 0.6 is 38.5 Å². The summed E-state index contributed by atoms with van der Waals surface area (Å²) in [5, 5.41) is 12.7. The van der Waals surface area contributed by atoms with Crippen LogP contribution in [-0.4, -0.2) is 18.9 Å². The highest BCUT2D eigenvalue weighted by atomic mass is 127. The molecule has 0 bridgehead atoms. The molecule has 1 aliphatic heterocycles. The zero-order valence-corrected chi connectivity index (χ0v) is 23.6. The molecule has 3 aromatic carbocycles. The van der Waals surface area contributed by atoms with Crippen molar-refractivity contribution in [1.82, 2.24) is 5.32 Å². The van der Waals surface area contributed by atoms with E-state index in [4.69, 9.17) is 9.47 Å². The first-order valence-electron chi connectivity index (χ1n) is 11.4. The molecule has 0 amide bonds. The van der Waals surface area contributed by atoms with Crippen LogP contribution in [0.15, 0.2) is 82.0 Å². The average Bonchev–Trinajstić information content (AvgIpc) is 3.18. The van der Waals surface area contributed by atoms with E-state index in [1.807, 2.05) is 55.5 Å². The molecule has 1 N–H and O–H groups in total. The first kappa shape index (κ1) is 25.2. The Kier molecular flexibility index (Phi) is 6.92. The summed E-state index contributed by atoms with van der Waals surface area (Å²) in [4.78, 5) is 26.6. The predicted molar refractivity (Wildman–Crippen MR) is 151 cm³/mol. The highest BCUT2D eigenvalue weighted by Gasteiger charge is 2.43. The molecule has 0 radical (unpaired) electrons. The molecule has 37 heavy (non-hydrogen) atoms. The molecular formula is C29H20BrIN2O4. The lowest BCUT2D eigenvalue weighted by Crippen LogP contribution is -2.29. The second-order valence-electron chi connectivity index (χ2n) is 8.62. The van der Waals surface area contributed by atoms with Crippen molar-refractivity contribution < 1.29 is 19.1 Å². The summed E-state index contributed by atoms with van der Waals surface area (Å²) in [6.45, 7) is 2.04. The van der Waals surface area contributed by atoms with Crippen molar-refractivity contribution in [2.45, 2.75) is 19.4 Å². The van der Waals surface area contributed by atoms with Gasteiger partial charge in [0, 0.05) is 33.9 Å². The predicted octanol–water partition coefficient (Wildman–Crippen LogP) is 6.25. The number of methoxy groups -OCH3 is 1. The summed E-state index contributed by atoms with van der Waals surface area (Å²) in [5.74, 6) is -0.621. The van der Waals surface area contributed by atoms with E-state index in [9.17, 15) is 14.9 Å². The summed E-state index contributed by atoms with van der Waals surface area (Å²) in [6.07, 6.45) is 0. The fraction of sp³-hybridized carbons (Fsp3) is 0.138. The number of ketones is 1. The van der Waals surface area contributed by atoms with Crippen LogP contribution in [-0.2, 0) is 16.1 Å². The van der Waals surface area contributed by atoms with E-state index in [-0.39, 0.29) is 12.4 Å². The monoisotopic (exact) mass is 666 g/mol. The number of dihydropyridines is 1. The van der Waals surface area contributed by atoms with E-state index < -0.39 is 11.9 Å². The van der Waals surface area contributed by atoms with E-state index in [0.29, 0.717) is 38.2 Å². The highest BCUT2D eigenvalue weighted by Crippen LogP contribution is 2.48. The van der Waals surface area contributed by atoms with Crippen LogP contribution in [0.1, 0.15) is 45.5 Å². The molecule has 1 atom stereocenters. The van der Waals surface area contributed by atoms with Gasteiger partial charge in [0.1, 0.15) is 12.4 Å². The SMILES string of the molecule is COC(=O)C1=C(C)NC2=C(C(=O)c3ccccc32)[C@@H]1c1cc(Br)c(OCc2ccccc2C#N)c(I)c1. The normalized spacial score (nSPS) is 16.1. The zero-order chi connectivity index (χ0) is 26.3. The van der Waals surface area contributed by atoms with E-state index in [2.05, 4.69) is 49.9 Å². The lowest BCUT2D eigenvalue weighted by Gasteiger charge is -2.29. The van der Waals surface area contributed by atoms with Gasteiger partial charge in [-0.2, -0.15) is 5.26 Å². The second-order valence-corrected chi connectivity index (χ2v) is 10.6. The van der Waals surface area contributed by atoms with Gasteiger partial charge in [-0.3, -0.25) is 4.79 Å². The molecule has 0 aromatic heterocycles. The molecule has 6 nitrogen and oxygen atoms in total. The molecule has 8 heteroatoms. The Morgan fingerprint density at radius 3 is 2.54 bits per heavy atom. The number of allylic oxidation sites excluding steroid dienone is 2. The summed E-state index contributed by atoms with van der Waals surface area (Å²) >= 11 is 5.82. The van der Waals surface area contributed by atoms with Gasteiger partial charge in [-0.25, -0.2) is 4.79 Å². The largest absolute Gasteiger partial charge is 0.487 e. The summed E-state index contributed by atoms with van der Waals surface area (Å²) in [7, 11) is 1.34. The number of ether oxygens (including phenoxy) is 2. The number of halogens is 2. The number of carbonyl (C=O) groups is 2. The molecule has 3 aromatic rings. The number of hydrogen-bond donors (Lipinski definition) is 1. The van der Waals surface area contributed by atoms with Crippen molar-refractivity contribution in [3.05, 3.63) is 113 Å². The minimum atomic E-state index is -0.623. The maximum absolute atomic E-state index is 13.6. The molecular weight excluding hydrogens is 647 g/mol. The summed E-state index contributed by atoms with van der Waals surface area (Å²) in [6, 6.07) is 20.7. The Hall–Kier alpha value is -3.42. The lowest BCUT2D eigenvalue weighted by atomic mass is 9.80. The van der Waals surface area contributed by atoms with Crippen LogP contribution in [0.3, 0.4) is 0 Å². The number of rotatable bonds is 5. The van der Waals surface area contributed by atoms with Gasteiger partial charge in [0.25, 0.3) is 0 Å². The molecule has 1 aliphatic carbocycles. The number of benzene rings is 3. The standard InChI is InChI=1S/C29H20BrIN2O4/c1-15-23(29(35)36-2)24(25-26(33-15)19-9-5-6-10-20(19)27(25)34)18-11-21(30)28(22(31)12-18)37-14-17-8-4-3-7-16(17)13-32/h3-12,24,33H,14H2,1-2H3/t24-/m1/s1. The molecule has 2 aliphatic rings. The molecule has 0 saturated carbocycles. The van der Waals surface area contributed by atoms with Crippen molar-refractivity contribution in [3.63, 3.8) is 0 Å². The van der Waals surface area contributed by atoms with Gasteiger partial charge < -0.3 is 14.8 Å². The van der Waals surface area contributed by atoms with Gasteiger partial charge in [-0.15, -0.1) is 0 Å². The van der Waals surface area contributed by atoms with Gasteiger partial charge >= 0.3 is 5.97 Å². The Balaban J connectivity index is 1.58. The van der Waals surface area contributed by atoms with Gasteiger partial charge in [0.05, 0.1) is 38.1 Å². The molecule has 5 rings (SSSR count). The molecule has 0 fully saturated rings. The smallest absolute Gasteiger partial charge is 0.336 e. The summed E-state index contributed by atoms with van der Waals surface area (Å²) < 4.78 is 12.7. The number of carbonyl (C=O) groups excluding carboxylic acids is 2. The first-order valence-corrected chi connectivity index (χ1v) is 13.3. The van der Waals surface area contributed by atoms with Gasteiger partial charge in [-0.1, -0.05) is 42.5 Å². The zero-order valence-electron chi connectivity index (χ0n) is 19.9. The number of nitriles is 1. The summed E-state index contributed by atoms with van der Waals surface area (Å²) in [5.41, 5.74) is 5.79. The van der Waals surface area contributed by atoms with Crippen LogP contribution in [0.5, 0.6) is 5.75 Å². The minimum absolute atomic E-state index is 0.114. The third-order valence-electron chi connectivity index (χ3n) is 6.52. The van der Waals surface area contributed by atoms with Crippen LogP contribution in [0.2, 0.25) is 0 Å². The Morgan fingerprint density at radius 1 is 1.14 bits per heavy atom. The van der Waals surface area contributed by atoms with E-state index in [0.717, 1.165) is 26.0 Å². The Labute approximate surface area is 236 Å². The number of fused-ring (bicyclic) bond motifs is 2. The second kappa shape index (κ2) is 10.1. The lowest BCUT2D eigenvalue weighted by molar-refractivity contribution is -0.136. The fourth-order valence-corrected chi connectivity index (χ4v) is 6.60. The van der Waals surface area contributed by atoms with Crippen LogP contribution in [0.25, 0.3) is 5.70 Å². The molecule has 1 heterocycles. The third-order valence-corrected chi connectivity index (χ3v) is 7.91. The quantitative estimate of drug-likeness (QED) is 0.256. The highest BCUT2D eigenvalue weighted by molar-refractivity contribution is 14.1. The van der Waals surface area contributed by atoms with Crippen molar-refractivity contribution in [3.8, 4) is 11.8 Å². The Morgan fingerprint density at radius 2 is 1.84 bits per heavy atom. The number of nitrogens with one attached hydrogen (secondary N) is 1. The van der Waals surface area contributed by atoms with Gasteiger partial charge in [-0.05, 0) is 69.2 Å². The van der Waals surface area contributed by atoms with Gasteiger partial charge in [0.15, 0.2) is 5.78 Å². The van der Waals surface area contributed by atoms with Crippen molar-refractivity contribution >= 4 is 56.0 Å². The van der Waals surface area contributed by atoms with Crippen molar-refractivity contribution in [2.75, 3.05) is 7.11 Å². The molecule has 0 unspecified atom stereocenters. The molecule has 0 saturated heterocycles. The maximum atomic E-state index is 13.6. The van der Waals surface area contributed by atoms with E-state index in [1.165, 1.54) is 7.11 Å². The van der Waals surface area contributed by atoms with Crippen LogP contribution in [0.4, 0.5) is 0 Å². The molecule has 184 valence electrons. The van der Waals surface area contributed by atoms with Crippen molar-refractivity contribution in [2.24, 2.45) is 0 Å². The minimum Gasteiger partial charge on any atom is -0.487 e. The van der Waals surface area contributed by atoms with Gasteiger partial charge in [0.2, 0.25) is 0 Å². The van der Waals surface area contributed by atoms with E-state index >= 15 is 0 Å². The first-order chi connectivity index (χ1) is 17.8. The number of esters is 1. The van der Waals surface area contributed by atoms with Crippen LogP contribution in [0, 0.1) is 14.9 Å². The number of nitrogens with zero attached hydrogens (tertiary/aromatic N) is 1. The fourth-order valence-electron chi connectivity index (χ4n) is 4.83. The number of Topliss-reactive ketones (excluding diaryl/α,β-unsaturated/α-hetero) is 1. The van der Waals surface area contributed by atoms with Crippen molar-refractivity contribution in [1.29, 1.82) is 5.26 Å². The maximum Gasteiger partial charge on any atom is 0.336 e. The number of hydrogen-bond acceptors (Lipinski definition) is 6.